The minimum absolute atomic E-state index is 0.0868. The normalized spacial score (nSPS) is 21.1. The molecular formula is C11H19F3N2O2. The van der Waals surface area contributed by atoms with E-state index in [4.69, 9.17) is 0 Å². The van der Waals surface area contributed by atoms with Crippen LogP contribution in [-0.4, -0.2) is 49.5 Å². The number of carbonyl (C=O) groups is 1. The summed E-state index contributed by atoms with van der Waals surface area (Å²) in [5, 5.41) is 3.04. The average Bonchev–Trinajstić information content (AvgIpc) is 2.53. The van der Waals surface area contributed by atoms with E-state index in [2.05, 4.69) is 10.1 Å². The molecule has 1 heterocycles. The van der Waals surface area contributed by atoms with Crippen molar-refractivity contribution in [2.45, 2.75) is 32.6 Å². The maximum absolute atomic E-state index is 11.9. The molecule has 1 unspecified atom stereocenters. The molecule has 0 bridgehead atoms. The summed E-state index contributed by atoms with van der Waals surface area (Å²) >= 11 is 0. The number of nitrogens with one attached hydrogen (secondary N) is 1. The van der Waals surface area contributed by atoms with Crippen LogP contribution in [0.4, 0.5) is 13.2 Å². The molecule has 7 heteroatoms. The second-order valence-electron chi connectivity index (χ2n) is 4.78. The minimum Gasteiger partial charge on any atom is -0.370 e. The van der Waals surface area contributed by atoms with Crippen molar-refractivity contribution in [2.24, 2.45) is 5.92 Å². The Kier molecular flexibility index (Phi) is 5.40. The van der Waals surface area contributed by atoms with Crippen LogP contribution >= 0.6 is 0 Å². The monoisotopic (exact) mass is 268 g/mol. The van der Waals surface area contributed by atoms with Gasteiger partial charge in [0, 0.05) is 6.54 Å². The van der Waals surface area contributed by atoms with Crippen LogP contribution in [0.1, 0.15) is 20.3 Å². The molecule has 0 saturated carbocycles. The van der Waals surface area contributed by atoms with Gasteiger partial charge in [-0.05, 0) is 12.3 Å². The number of halogens is 3. The Morgan fingerprint density at radius 3 is 2.72 bits per heavy atom. The molecule has 18 heavy (non-hydrogen) atoms. The van der Waals surface area contributed by atoms with Crippen LogP contribution in [0.25, 0.3) is 0 Å². The van der Waals surface area contributed by atoms with Gasteiger partial charge >= 0.3 is 6.18 Å². The van der Waals surface area contributed by atoms with E-state index in [0.29, 0.717) is 5.92 Å². The fourth-order valence-corrected chi connectivity index (χ4v) is 1.88. The summed E-state index contributed by atoms with van der Waals surface area (Å²) in [5.41, 5.74) is 0. The quantitative estimate of drug-likeness (QED) is 0.740. The Bertz CT molecular complexity index is 282. The van der Waals surface area contributed by atoms with Crippen LogP contribution in [0.3, 0.4) is 0 Å². The van der Waals surface area contributed by atoms with Crippen molar-refractivity contribution < 1.29 is 22.7 Å². The van der Waals surface area contributed by atoms with E-state index in [9.17, 15) is 18.0 Å². The predicted octanol–water partition coefficient (Wildman–Crippen LogP) is 1.37. The van der Waals surface area contributed by atoms with Crippen molar-refractivity contribution in [1.82, 2.24) is 10.2 Å². The third kappa shape index (κ3) is 5.22. The number of hydrogen-bond donors (Lipinski definition) is 1. The van der Waals surface area contributed by atoms with Gasteiger partial charge in [-0.2, -0.15) is 13.2 Å². The zero-order valence-corrected chi connectivity index (χ0v) is 10.6. The molecule has 0 aromatic heterocycles. The summed E-state index contributed by atoms with van der Waals surface area (Å²) in [6, 6.07) is 0. The van der Waals surface area contributed by atoms with Gasteiger partial charge in [-0.1, -0.05) is 13.8 Å². The zero-order chi connectivity index (χ0) is 13.8. The first kappa shape index (κ1) is 15.2. The van der Waals surface area contributed by atoms with Crippen LogP contribution in [-0.2, 0) is 9.53 Å². The van der Waals surface area contributed by atoms with Gasteiger partial charge in [-0.3, -0.25) is 10.1 Å². The van der Waals surface area contributed by atoms with Crippen LogP contribution < -0.4 is 5.32 Å². The van der Waals surface area contributed by atoms with E-state index in [1.807, 2.05) is 13.8 Å². The zero-order valence-electron chi connectivity index (χ0n) is 10.6. The molecule has 0 spiro atoms. The molecule has 106 valence electrons. The van der Waals surface area contributed by atoms with Crippen LogP contribution in [0.5, 0.6) is 0 Å². The Hall–Kier alpha value is -0.820. The highest BCUT2D eigenvalue weighted by Crippen LogP contribution is 2.16. The van der Waals surface area contributed by atoms with Crippen molar-refractivity contribution in [3.8, 4) is 0 Å². The fourth-order valence-electron chi connectivity index (χ4n) is 1.88. The highest BCUT2D eigenvalue weighted by Gasteiger charge is 2.31. The van der Waals surface area contributed by atoms with Gasteiger partial charge < -0.3 is 9.64 Å². The van der Waals surface area contributed by atoms with E-state index >= 15 is 0 Å². The van der Waals surface area contributed by atoms with Gasteiger partial charge in [0.25, 0.3) is 0 Å². The van der Waals surface area contributed by atoms with Gasteiger partial charge in [0.1, 0.15) is 6.61 Å². The summed E-state index contributed by atoms with van der Waals surface area (Å²) in [5.74, 6) is 0.322. The van der Waals surface area contributed by atoms with Crippen molar-refractivity contribution in [3.63, 3.8) is 0 Å². The first-order valence-electron chi connectivity index (χ1n) is 5.97. The Labute approximate surface area is 104 Å². The molecular weight excluding hydrogens is 249 g/mol. The van der Waals surface area contributed by atoms with Gasteiger partial charge in [0.05, 0.1) is 19.3 Å². The Morgan fingerprint density at radius 1 is 1.50 bits per heavy atom. The molecule has 1 amide bonds. The summed E-state index contributed by atoms with van der Waals surface area (Å²) in [6.07, 6.45) is -3.62. The number of rotatable bonds is 6. The number of hydrogen-bond acceptors (Lipinski definition) is 3. The molecule has 1 aliphatic heterocycles. The Balaban J connectivity index is 2.32. The molecule has 1 saturated heterocycles. The van der Waals surface area contributed by atoms with Crippen LogP contribution in [0.15, 0.2) is 0 Å². The summed E-state index contributed by atoms with van der Waals surface area (Å²) in [7, 11) is 0. The second kappa shape index (κ2) is 6.38. The molecule has 1 fully saturated rings. The molecule has 1 rings (SSSR count). The SMILES string of the molecule is CC(C)CC1NCC(=O)N1CCOCC(F)(F)F. The lowest BCUT2D eigenvalue weighted by Gasteiger charge is -2.25. The molecule has 0 aliphatic carbocycles. The molecule has 1 atom stereocenters. The molecule has 4 nitrogen and oxygen atoms in total. The third-order valence-corrected chi connectivity index (χ3v) is 2.62. The number of alkyl halides is 3. The van der Waals surface area contributed by atoms with Gasteiger partial charge in [-0.25, -0.2) is 0 Å². The molecule has 1 N–H and O–H groups in total. The summed E-state index contributed by atoms with van der Waals surface area (Å²) < 4.78 is 40.1. The van der Waals surface area contributed by atoms with Crippen molar-refractivity contribution >= 4 is 5.91 Å². The second-order valence-corrected chi connectivity index (χ2v) is 4.78. The highest BCUT2D eigenvalue weighted by molar-refractivity contribution is 5.80. The van der Waals surface area contributed by atoms with Gasteiger partial charge in [0.2, 0.25) is 5.91 Å². The number of ether oxygens (including phenoxy) is 1. The fraction of sp³-hybridized carbons (Fsp3) is 0.909. The molecule has 1 aliphatic rings. The minimum atomic E-state index is -4.31. The topological polar surface area (TPSA) is 41.6 Å². The van der Waals surface area contributed by atoms with Gasteiger partial charge in [0.15, 0.2) is 0 Å². The van der Waals surface area contributed by atoms with Crippen LogP contribution in [0, 0.1) is 5.92 Å². The van der Waals surface area contributed by atoms with Gasteiger partial charge in [-0.15, -0.1) is 0 Å². The molecule has 0 aromatic rings. The lowest BCUT2D eigenvalue weighted by atomic mass is 10.1. The largest absolute Gasteiger partial charge is 0.411 e. The Morgan fingerprint density at radius 2 is 2.17 bits per heavy atom. The predicted molar refractivity (Wildman–Crippen MR) is 59.8 cm³/mol. The highest BCUT2D eigenvalue weighted by atomic mass is 19.4. The summed E-state index contributed by atoms with van der Waals surface area (Å²) in [6.45, 7) is 3.14. The van der Waals surface area contributed by atoms with E-state index in [-0.39, 0.29) is 31.8 Å². The first-order valence-corrected chi connectivity index (χ1v) is 5.97. The van der Waals surface area contributed by atoms with Crippen molar-refractivity contribution in [1.29, 1.82) is 0 Å². The number of carbonyl (C=O) groups excluding carboxylic acids is 1. The van der Waals surface area contributed by atoms with Crippen molar-refractivity contribution in [2.75, 3.05) is 26.3 Å². The van der Waals surface area contributed by atoms with E-state index < -0.39 is 12.8 Å². The third-order valence-electron chi connectivity index (χ3n) is 2.62. The smallest absolute Gasteiger partial charge is 0.370 e. The maximum Gasteiger partial charge on any atom is 0.411 e. The standard InChI is InChI=1S/C11H19F3N2O2/c1-8(2)5-9-15-6-10(17)16(9)3-4-18-7-11(12,13)14/h8-9,15H,3-7H2,1-2H3. The first-order chi connectivity index (χ1) is 8.29. The van der Waals surface area contributed by atoms with E-state index in [1.165, 1.54) is 0 Å². The maximum atomic E-state index is 11.9. The van der Waals surface area contributed by atoms with E-state index in [1.54, 1.807) is 4.90 Å². The summed E-state index contributed by atoms with van der Waals surface area (Å²) in [4.78, 5) is 13.1. The lowest BCUT2D eigenvalue weighted by Crippen LogP contribution is -2.40. The average molecular weight is 268 g/mol. The molecule has 0 radical (unpaired) electrons. The number of nitrogens with zero attached hydrogens (tertiary/aromatic N) is 1. The van der Waals surface area contributed by atoms with Crippen LogP contribution in [0.2, 0.25) is 0 Å². The number of amides is 1. The molecule has 0 aromatic carbocycles. The van der Waals surface area contributed by atoms with E-state index in [0.717, 1.165) is 6.42 Å². The van der Waals surface area contributed by atoms with Crippen molar-refractivity contribution in [3.05, 3.63) is 0 Å². The lowest BCUT2D eigenvalue weighted by molar-refractivity contribution is -0.175.